The van der Waals surface area contributed by atoms with Gasteiger partial charge in [-0.15, -0.1) is 0 Å². The van der Waals surface area contributed by atoms with Crippen LogP contribution in [0.4, 0.5) is 0 Å². The zero-order valence-corrected chi connectivity index (χ0v) is 77.9. The van der Waals surface area contributed by atoms with E-state index in [1.807, 2.05) is 30.3 Å². The molecule has 0 amide bonds. The fourth-order valence-electron chi connectivity index (χ4n) is 24.1. The van der Waals surface area contributed by atoms with Crippen LogP contribution in [0.5, 0.6) is 0 Å². The largest absolute Gasteiger partial charge is 0.0629 e. The molecule has 0 bridgehead atoms. The van der Waals surface area contributed by atoms with Crippen molar-refractivity contribution in [3.05, 3.63) is 520 Å². The van der Waals surface area contributed by atoms with Crippen LogP contribution in [0.1, 0.15) is 66.6 Å². The van der Waals surface area contributed by atoms with Gasteiger partial charge in [0.1, 0.15) is 0 Å². The molecule has 0 aromatic heterocycles. The molecule has 1 saturated carbocycles. The van der Waals surface area contributed by atoms with Crippen molar-refractivity contribution in [2.45, 2.75) is 51.4 Å². The zero-order valence-electron chi connectivity index (χ0n) is 82.9. The summed E-state index contributed by atoms with van der Waals surface area (Å²) < 4.78 is 42.6. The van der Waals surface area contributed by atoms with Gasteiger partial charge in [0.2, 0.25) is 0 Å². The number of hydrogen-bond donors (Lipinski definition) is 0. The fraction of sp³-hybridized carbons (Fsp3) is 0.0571. The highest BCUT2D eigenvalue weighted by Gasteiger charge is 2.37. The van der Waals surface area contributed by atoms with Crippen molar-refractivity contribution in [1.29, 1.82) is 0 Å². The van der Waals surface area contributed by atoms with Gasteiger partial charge in [0.05, 0.1) is 6.85 Å². The average Bonchev–Trinajstić information content (AvgIpc) is 1.60. The van der Waals surface area contributed by atoms with Crippen molar-refractivity contribution in [1.82, 2.24) is 0 Å². The van der Waals surface area contributed by atoms with Crippen molar-refractivity contribution in [3.8, 4) is 122 Å². The summed E-state index contributed by atoms with van der Waals surface area (Å²) >= 11 is 0. The Bertz CT molecular complexity index is 9400. The Kier molecular flexibility index (Phi) is 19.6. The van der Waals surface area contributed by atoms with Gasteiger partial charge in [0.25, 0.3) is 0 Å². The van der Waals surface area contributed by atoms with Crippen LogP contribution in [0.25, 0.3) is 252 Å². The van der Waals surface area contributed by atoms with Gasteiger partial charge >= 0.3 is 0 Å². The van der Waals surface area contributed by atoms with Crippen LogP contribution in [0.3, 0.4) is 0 Å². The number of rotatable bonds is 11. The highest BCUT2D eigenvalue weighted by atomic mass is 14.4. The smallest absolute Gasteiger partial charge is 0.0622 e. The molecule has 658 valence electrons. The highest BCUT2D eigenvalue weighted by Crippen LogP contribution is 2.58. The van der Waals surface area contributed by atoms with E-state index in [2.05, 4.69) is 451 Å². The molecule has 140 heavy (non-hydrogen) atoms. The molecular formula is C140H98. The Hall–Kier alpha value is -17.2. The standard InChI is InChI=1S/C48H34.C46H34.C46H30/c1-31-28-45(32(2)27-44(31)39-26-14-19-34-17-6-8-20-37(34)39)47-40-22-10-12-24-42(40)48(43-25-13-11-23-41(43)47)46-30-36(33-15-4-3-5-16-33)29-35-18-7-9-21-38(35)46;1-2-13-29(14-3-1)31-27-30-15-4-5-16-32(30)43(28-31)46-38-21-10-8-19-36(38)45(37-20-9-11-22-39(37)46)42-26-25-41-34-18-7-6-17-33(34)35-23-12-24-40(42)44(35)41;1-3-15-31(16-4-1)35-27-33-19-7-9-21-37(33)43(29-35)45-39-23-11-13-25-41(39)46(42-26-14-12-24-40(42)45)44-30-36(32-17-5-2-6-18-32)28-34-20-8-10-22-38(34)44/h3-30H,1-2H3;1-5,8-16,19-28,33-34H,6-7,17-18H2;1-30H/i3D,4D,5D,15D,16D;;. The molecule has 0 saturated heterocycles. The normalized spacial score (nSPS) is 13.9. The second kappa shape index (κ2) is 35.2. The molecule has 0 spiro atoms. The molecule has 0 nitrogen and oxygen atoms in total. The number of fused-ring (bicyclic) bond motifs is 14. The van der Waals surface area contributed by atoms with Crippen molar-refractivity contribution in [3.63, 3.8) is 0 Å². The van der Waals surface area contributed by atoms with Crippen LogP contribution in [-0.2, 0) is 0 Å². The lowest BCUT2D eigenvalue weighted by molar-refractivity contribution is 0.400. The maximum Gasteiger partial charge on any atom is 0.0629 e. The topological polar surface area (TPSA) is 0 Å². The lowest BCUT2D eigenvalue weighted by atomic mass is 9.78. The highest BCUT2D eigenvalue weighted by molar-refractivity contribution is 6.29. The number of aryl methyl sites for hydroxylation is 2. The summed E-state index contributed by atoms with van der Waals surface area (Å²) in [4.78, 5) is 0. The second-order valence-electron chi connectivity index (χ2n) is 38.1. The van der Waals surface area contributed by atoms with Gasteiger partial charge < -0.3 is 0 Å². The molecule has 2 aliphatic carbocycles. The average molecular weight is 1790 g/mol. The Labute approximate surface area is 823 Å². The van der Waals surface area contributed by atoms with Gasteiger partial charge in [-0.05, 0) is 361 Å². The first-order valence-electron chi connectivity index (χ1n) is 51.7. The first kappa shape index (κ1) is 78.1. The molecule has 2 unspecified atom stereocenters. The van der Waals surface area contributed by atoms with E-state index in [1.54, 1.807) is 11.1 Å². The molecule has 2 atom stereocenters. The Morgan fingerprint density at radius 2 is 0.429 bits per heavy atom. The zero-order chi connectivity index (χ0) is 97.2. The molecule has 0 heterocycles. The summed E-state index contributed by atoms with van der Waals surface area (Å²) in [6.45, 7) is 4.41. The monoisotopic (exact) mass is 1780 g/mol. The lowest BCUT2D eigenvalue weighted by Crippen LogP contribution is -2.10. The first-order valence-corrected chi connectivity index (χ1v) is 49.2. The first-order chi connectivity index (χ1) is 71.4. The van der Waals surface area contributed by atoms with Crippen molar-refractivity contribution in [2.24, 2.45) is 0 Å². The fourth-order valence-corrected chi connectivity index (χ4v) is 24.1. The van der Waals surface area contributed by atoms with Gasteiger partial charge in [0, 0.05) is 0 Å². The van der Waals surface area contributed by atoms with E-state index >= 15 is 0 Å². The molecular weight excluding hydrogens is 1680 g/mol. The van der Waals surface area contributed by atoms with E-state index in [-0.39, 0.29) is 29.7 Å². The molecule has 0 radical (unpaired) electrons. The van der Waals surface area contributed by atoms with E-state index in [0.29, 0.717) is 17.4 Å². The van der Waals surface area contributed by atoms with Gasteiger partial charge in [-0.25, -0.2) is 0 Å². The summed E-state index contributed by atoms with van der Waals surface area (Å²) in [5.41, 5.74) is 31.0. The molecule has 0 N–H and O–H groups in total. The molecule has 0 heteroatoms. The van der Waals surface area contributed by atoms with Gasteiger partial charge in [-0.2, -0.15) is 0 Å². The quantitative estimate of drug-likeness (QED) is 0.113. The van der Waals surface area contributed by atoms with Crippen LogP contribution >= 0.6 is 0 Å². The molecule has 26 aromatic rings. The van der Waals surface area contributed by atoms with Crippen molar-refractivity contribution in [2.75, 3.05) is 0 Å². The predicted molar refractivity (Wildman–Crippen MR) is 603 cm³/mol. The predicted octanol–water partition coefficient (Wildman–Crippen LogP) is 39.6. The third-order valence-corrected chi connectivity index (χ3v) is 30.3. The number of benzene rings is 26. The number of hydrogen-bond acceptors (Lipinski definition) is 0. The van der Waals surface area contributed by atoms with E-state index in [4.69, 9.17) is 6.85 Å². The SMILES string of the molecule is [2H]c1c([2H])c([2H])c(-c2cc(-c3c4ccccc4c(-c4cc(C)c(-c5cccc6ccccc56)cc4C)c4ccccc34)c3ccccc3c2)c([2H])c1[2H].c1ccc(-c2cc(-c3c4ccccc4c(-c4cc(-c5ccccc5)cc5ccccc45)c4ccccc34)c3ccccc3c2)cc1.c1ccc(-c2cc(-c3c4ccccc4c(-c4ccc5c6c(cccc46)C4CCCCC54)c4ccccc34)c3ccccc3c2)cc1. The van der Waals surface area contributed by atoms with E-state index < -0.39 is 6.04 Å². The van der Waals surface area contributed by atoms with Gasteiger partial charge in [0.15, 0.2) is 0 Å². The van der Waals surface area contributed by atoms with E-state index in [0.717, 1.165) is 43.4 Å². The third-order valence-electron chi connectivity index (χ3n) is 30.3. The minimum atomic E-state index is -0.395. The Morgan fingerprint density at radius 3 is 0.786 bits per heavy atom. The molecule has 0 aliphatic heterocycles. The summed E-state index contributed by atoms with van der Waals surface area (Å²) in [6, 6.07) is 169. The molecule has 26 aromatic carbocycles. The van der Waals surface area contributed by atoms with Gasteiger partial charge in [-0.3, -0.25) is 0 Å². The maximum absolute atomic E-state index is 8.82. The van der Waals surface area contributed by atoms with Crippen LogP contribution in [0.2, 0.25) is 0 Å². The molecule has 2 aliphatic rings. The van der Waals surface area contributed by atoms with Gasteiger partial charge in [-0.1, -0.05) is 462 Å². The summed E-state index contributed by atoms with van der Waals surface area (Å²) in [5, 5.41) is 29.7. The van der Waals surface area contributed by atoms with Crippen LogP contribution in [0.15, 0.2) is 497 Å². The van der Waals surface area contributed by atoms with E-state index in [9.17, 15) is 0 Å². The maximum atomic E-state index is 8.82. The summed E-state index contributed by atoms with van der Waals surface area (Å²) in [5.74, 6) is 1.37. The second-order valence-corrected chi connectivity index (χ2v) is 38.1. The summed E-state index contributed by atoms with van der Waals surface area (Å²) in [7, 11) is 0. The minimum Gasteiger partial charge on any atom is -0.0622 e. The van der Waals surface area contributed by atoms with Crippen LogP contribution < -0.4 is 0 Å². The molecule has 28 rings (SSSR count). The van der Waals surface area contributed by atoms with Crippen LogP contribution in [0, 0.1) is 13.8 Å². The minimum absolute atomic E-state index is 0.200. The summed E-state index contributed by atoms with van der Waals surface area (Å²) in [6.07, 6.45) is 5.36. The Balaban J connectivity index is 0.000000111. The van der Waals surface area contributed by atoms with E-state index in [1.165, 1.54) is 234 Å². The molecule has 1 fully saturated rings. The third kappa shape index (κ3) is 14.3. The van der Waals surface area contributed by atoms with Crippen molar-refractivity contribution < 1.29 is 6.85 Å². The lowest BCUT2D eigenvalue weighted by Gasteiger charge is -2.26. The Morgan fingerprint density at radius 1 is 0.171 bits per heavy atom. The van der Waals surface area contributed by atoms with Crippen LogP contribution in [-0.4, -0.2) is 0 Å². The van der Waals surface area contributed by atoms with Crippen molar-refractivity contribution >= 4 is 129 Å².